The average molecular weight is 449 g/mol. The molecule has 0 aliphatic carbocycles. The quantitative estimate of drug-likeness (QED) is 0.173. The van der Waals surface area contributed by atoms with Gasteiger partial charge in [0.1, 0.15) is 11.9 Å². The molecule has 2 aromatic heterocycles. The first-order valence-electron chi connectivity index (χ1n) is 11.1. The lowest BCUT2D eigenvalue weighted by atomic mass is 9.93. The number of carbonyl (C=O) groups is 1. The molecule has 0 N–H and O–H groups in total. The van der Waals surface area contributed by atoms with Gasteiger partial charge in [-0.15, -0.1) is 11.3 Å². The lowest BCUT2D eigenvalue weighted by Crippen LogP contribution is -2.16. The zero-order chi connectivity index (χ0) is 22.2. The van der Waals surface area contributed by atoms with E-state index in [2.05, 4.69) is 18.4 Å². The standard InChI is InChI=1S/C27H28O4S/c1-2-8-20(19-26(28)30-22-10-4-3-5-11-22)14-15-23(25-13-7-18-32-25)31-24-12-6-9-21-16-17-29-27(21)24/h3-7,9-13,16-18,20,23H,2,8,14-15,19H2,1H3/t20?,23-/m1/s1. The van der Waals surface area contributed by atoms with Crippen LogP contribution in [0.5, 0.6) is 11.5 Å². The number of rotatable bonds is 11. The third-order valence-corrected chi connectivity index (χ3v) is 6.50. The normalized spacial score (nSPS) is 13.0. The van der Waals surface area contributed by atoms with Crippen LogP contribution in [0.4, 0.5) is 0 Å². The summed E-state index contributed by atoms with van der Waals surface area (Å²) in [5.74, 6) is 1.42. The van der Waals surface area contributed by atoms with Crippen molar-refractivity contribution in [3.05, 3.63) is 83.3 Å². The van der Waals surface area contributed by atoms with Crippen molar-refractivity contribution >= 4 is 28.3 Å². The minimum absolute atomic E-state index is 0.0878. The fourth-order valence-corrected chi connectivity index (χ4v) is 4.78. The highest BCUT2D eigenvalue weighted by Gasteiger charge is 2.21. The molecule has 4 rings (SSSR count). The van der Waals surface area contributed by atoms with E-state index in [9.17, 15) is 4.79 Å². The first-order chi connectivity index (χ1) is 15.7. The average Bonchev–Trinajstić information content (AvgIpc) is 3.50. The van der Waals surface area contributed by atoms with E-state index in [-0.39, 0.29) is 18.0 Å². The second-order valence-electron chi connectivity index (χ2n) is 7.94. The molecule has 2 aromatic carbocycles. The molecule has 2 heterocycles. The van der Waals surface area contributed by atoms with Crippen molar-refractivity contribution in [2.45, 2.75) is 45.1 Å². The molecule has 4 nitrogen and oxygen atoms in total. The molecule has 0 radical (unpaired) electrons. The SMILES string of the molecule is CCCC(CC[C@@H](Oc1cccc2ccoc12)c1cccs1)CC(=O)Oc1ccccc1. The van der Waals surface area contributed by atoms with Crippen LogP contribution in [0.3, 0.4) is 0 Å². The van der Waals surface area contributed by atoms with Crippen LogP contribution < -0.4 is 9.47 Å². The zero-order valence-electron chi connectivity index (χ0n) is 18.2. The van der Waals surface area contributed by atoms with Crippen LogP contribution >= 0.6 is 11.3 Å². The number of carbonyl (C=O) groups excluding carboxylic acids is 1. The van der Waals surface area contributed by atoms with Crippen LogP contribution in [-0.2, 0) is 4.79 Å². The van der Waals surface area contributed by atoms with Crippen molar-refractivity contribution in [1.29, 1.82) is 0 Å². The van der Waals surface area contributed by atoms with E-state index in [0.29, 0.717) is 12.2 Å². The van der Waals surface area contributed by atoms with Gasteiger partial charge in [-0.2, -0.15) is 0 Å². The predicted octanol–water partition coefficient (Wildman–Crippen LogP) is 7.81. The van der Waals surface area contributed by atoms with Gasteiger partial charge >= 0.3 is 5.97 Å². The third kappa shape index (κ3) is 5.80. The monoisotopic (exact) mass is 448 g/mol. The van der Waals surface area contributed by atoms with Crippen molar-refractivity contribution in [2.24, 2.45) is 5.92 Å². The van der Waals surface area contributed by atoms with Gasteiger partial charge in [0.15, 0.2) is 11.3 Å². The fraction of sp³-hybridized carbons (Fsp3) is 0.296. The van der Waals surface area contributed by atoms with Crippen LogP contribution in [0.25, 0.3) is 11.0 Å². The Bertz CT molecular complexity index is 1100. The molecule has 0 aliphatic heterocycles. The molecule has 0 amide bonds. The number of hydrogen-bond acceptors (Lipinski definition) is 5. The number of ether oxygens (including phenoxy) is 2. The van der Waals surface area contributed by atoms with Gasteiger partial charge < -0.3 is 13.9 Å². The van der Waals surface area contributed by atoms with Crippen LogP contribution in [0.15, 0.2) is 82.8 Å². The maximum atomic E-state index is 12.5. The topological polar surface area (TPSA) is 48.7 Å². The summed E-state index contributed by atoms with van der Waals surface area (Å²) in [5.41, 5.74) is 0.769. The van der Waals surface area contributed by atoms with E-state index >= 15 is 0 Å². The molecular weight excluding hydrogens is 420 g/mol. The minimum Gasteiger partial charge on any atom is -0.481 e. The van der Waals surface area contributed by atoms with E-state index < -0.39 is 0 Å². The Morgan fingerprint density at radius 1 is 0.969 bits per heavy atom. The maximum absolute atomic E-state index is 12.5. The van der Waals surface area contributed by atoms with Crippen molar-refractivity contribution in [1.82, 2.24) is 0 Å². The van der Waals surface area contributed by atoms with Gasteiger partial charge in [-0.05, 0) is 54.5 Å². The highest BCUT2D eigenvalue weighted by atomic mass is 32.1. The largest absolute Gasteiger partial charge is 0.481 e. The Hall–Kier alpha value is -3.05. The second-order valence-corrected chi connectivity index (χ2v) is 8.92. The summed E-state index contributed by atoms with van der Waals surface area (Å²) in [6.07, 6.45) is 5.72. The van der Waals surface area contributed by atoms with Gasteiger partial charge in [-0.1, -0.05) is 56.2 Å². The van der Waals surface area contributed by atoms with Gasteiger partial charge in [0, 0.05) is 16.7 Å². The number of thiophene rings is 1. The third-order valence-electron chi connectivity index (χ3n) is 5.54. The van der Waals surface area contributed by atoms with E-state index in [4.69, 9.17) is 13.9 Å². The molecule has 0 aliphatic rings. The zero-order valence-corrected chi connectivity index (χ0v) is 19.1. The number of furan rings is 1. The number of fused-ring (bicyclic) bond motifs is 1. The van der Waals surface area contributed by atoms with Gasteiger partial charge in [0.25, 0.3) is 0 Å². The lowest BCUT2D eigenvalue weighted by Gasteiger charge is -2.21. The molecular formula is C27H28O4S. The molecule has 0 saturated heterocycles. The molecule has 32 heavy (non-hydrogen) atoms. The molecule has 166 valence electrons. The van der Waals surface area contributed by atoms with E-state index in [1.165, 1.54) is 4.88 Å². The van der Waals surface area contributed by atoms with Crippen molar-refractivity contribution in [3.8, 4) is 11.5 Å². The number of esters is 1. The Kier molecular flexibility index (Phi) is 7.62. The summed E-state index contributed by atoms with van der Waals surface area (Å²) in [7, 11) is 0. The molecule has 4 aromatic rings. The molecule has 0 spiro atoms. The Morgan fingerprint density at radius 3 is 2.62 bits per heavy atom. The molecule has 0 fully saturated rings. The second kappa shape index (κ2) is 11.0. The molecule has 0 saturated carbocycles. The molecule has 0 bridgehead atoms. The number of para-hydroxylation sites is 2. The van der Waals surface area contributed by atoms with Crippen LogP contribution in [0, 0.1) is 5.92 Å². The van der Waals surface area contributed by atoms with Gasteiger partial charge in [0.2, 0.25) is 0 Å². The molecule has 1 unspecified atom stereocenters. The first kappa shape index (κ1) is 22.2. The smallest absolute Gasteiger partial charge is 0.311 e. The van der Waals surface area contributed by atoms with Crippen molar-refractivity contribution in [3.63, 3.8) is 0 Å². The Labute approximate surface area is 192 Å². The molecule has 2 atom stereocenters. The van der Waals surface area contributed by atoms with Gasteiger partial charge in [0.05, 0.1) is 6.26 Å². The van der Waals surface area contributed by atoms with Crippen LogP contribution in [0.1, 0.15) is 50.0 Å². The summed E-state index contributed by atoms with van der Waals surface area (Å²) in [6.45, 7) is 2.15. The number of benzene rings is 2. The highest BCUT2D eigenvalue weighted by molar-refractivity contribution is 7.10. The lowest BCUT2D eigenvalue weighted by molar-refractivity contribution is -0.135. The summed E-state index contributed by atoms with van der Waals surface area (Å²) in [5, 5.41) is 3.10. The predicted molar refractivity (Wildman–Crippen MR) is 128 cm³/mol. The van der Waals surface area contributed by atoms with Crippen molar-refractivity contribution in [2.75, 3.05) is 0 Å². The Morgan fingerprint density at radius 2 is 1.84 bits per heavy atom. The summed E-state index contributed by atoms with van der Waals surface area (Å²) in [6, 6.07) is 21.3. The van der Waals surface area contributed by atoms with Crippen molar-refractivity contribution < 1.29 is 18.7 Å². The van der Waals surface area contributed by atoms with E-state index in [1.807, 2.05) is 60.7 Å². The summed E-state index contributed by atoms with van der Waals surface area (Å²) < 4.78 is 17.6. The maximum Gasteiger partial charge on any atom is 0.311 e. The van der Waals surface area contributed by atoms with Gasteiger partial charge in [-0.25, -0.2) is 0 Å². The fourth-order valence-electron chi connectivity index (χ4n) is 3.99. The van der Waals surface area contributed by atoms with E-state index in [0.717, 1.165) is 42.4 Å². The number of hydrogen-bond donors (Lipinski definition) is 0. The Balaban J connectivity index is 1.42. The van der Waals surface area contributed by atoms with E-state index in [1.54, 1.807) is 17.6 Å². The first-order valence-corrected chi connectivity index (χ1v) is 12.0. The highest BCUT2D eigenvalue weighted by Crippen LogP contribution is 2.35. The molecule has 5 heteroatoms. The van der Waals surface area contributed by atoms with Crippen LogP contribution in [-0.4, -0.2) is 5.97 Å². The summed E-state index contributed by atoms with van der Waals surface area (Å²) >= 11 is 1.69. The van der Waals surface area contributed by atoms with Gasteiger partial charge in [-0.3, -0.25) is 4.79 Å². The summed E-state index contributed by atoms with van der Waals surface area (Å²) in [4.78, 5) is 13.7. The van der Waals surface area contributed by atoms with Crippen LogP contribution in [0.2, 0.25) is 0 Å². The minimum atomic E-state index is -0.177.